The molecule has 2 aromatic carbocycles. The van der Waals surface area contributed by atoms with Crippen LogP contribution in [0, 0.1) is 5.82 Å². The highest BCUT2D eigenvalue weighted by Gasteiger charge is 2.31. The van der Waals surface area contributed by atoms with E-state index in [-0.39, 0.29) is 16.5 Å². The van der Waals surface area contributed by atoms with Crippen molar-refractivity contribution in [1.29, 1.82) is 0 Å². The highest BCUT2D eigenvalue weighted by molar-refractivity contribution is 7.92. The molecule has 3 nitrogen and oxygen atoms in total. The largest absolute Gasteiger partial charge is 0.303 e. The van der Waals surface area contributed by atoms with Gasteiger partial charge in [-0.3, -0.25) is 0 Å². The molecule has 2 aromatic rings. The lowest BCUT2D eigenvalue weighted by molar-refractivity contribution is 0.232. The monoisotopic (exact) mass is 403 g/mol. The molecule has 1 heterocycles. The van der Waals surface area contributed by atoms with Gasteiger partial charge in [0.25, 0.3) is 0 Å². The fraction of sp³-hybridized carbons (Fsp3) is 0.478. The van der Waals surface area contributed by atoms with Crippen molar-refractivity contribution in [2.75, 3.05) is 19.6 Å². The molecule has 0 spiro atoms. The first kappa shape index (κ1) is 21.0. The minimum atomic E-state index is -3.29. The van der Waals surface area contributed by atoms with E-state index in [1.165, 1.54) is 12.1 Å². The van der Waals surface area contributed by atoms with E-state index in [0.29, 0.717) is 17.7 Å². The average Bonchev–Trinajstić information content (AvgIpc) is 2.67. The summed E-state index contributed by atoms with van der Waals surface area (Å²) < 4.78 is 39.0. The van der Waals surface area contributed by atoms with E-state index in [4.69, 9.17) is 0 Å². The second-order valence-corrected chi connectivity index (χ2v) is 11.0. The Morgan fingerprint density at radius 3 is 2.07 bits per heavy atom. The summed E-state index contributed by atoms with van der Waals surface area (Å²) in [7, 11) is -3.29. The number of hydrogen-bond acceptors (Lipinski definition) is 3. The Morgan fingerprint density at radius 2 is 1.54 bits per heavy atom. The maximum absolute atomic E-state index is 13.0. The zero-order chi connectivity index (χ0) is 20.4. The van der Waals surface area contributed by atoms with Crippen LogP contribution in [0.15, 0.2) is 53.4 Å². The summed E-state index contributed by atoms with van der Waals surface area (Å²) in [5.74, 6) is -0.217. The van der Waals surface area contributed by atoms with Crippen molar-refractivity contribution in [2.24, 2.45) is 0 Å². The number of hydrogen-bond donors (Lipinski definition) is 0. The van der Waals surface area contributed by atoms with E-state index in [9.17, 15) is 12.8 Å². The third kappa shape index (κ3) is 5.00. The average molecular weight is 404 g/mol. The first-order valence-electron chi connectivity index (χ1n) is 9.97. The van der Waals surface area contributed by atoms with E-state index in [1.54, 1.807) is 12.1 Å². The van der Waals surface area contributed by atoms with Gasteiger partial charge in [0, 0.05) is 6.54 Å². The van der Waals surface area contributed by atoms with Gasteiger partial charge < -0.3 is 4.90 Å². The zero-order valence-electron chi connectivity index (χ0n) is 17.0. The van der Waals surface area contributed by atoms with Gasteiger partial charge in [-0.15, -0.1) is 0 Å². The molecular weight excluding hydrogens is 373 g/mol. The molecule has 152 valence electrons. The molecule has 1 fully saturated rings. The van der Waals surface area contributed by atoms with Crippen molar-refractivity contribution in [1.82, 2.24) is 4.90 Å². The Morgan fingerprint density at radius 1 is 0.964 bits per heavy atom. The summed E-state index contributed by atoms with van der Waals surface area (Å²) in [5.41, 5.74) is 2.26. The molecule has 0 amide bonds. The molecular formula is C23H30FNO2S. The number of likely N-dealkylation sites (tertiary alicyclic amines) is 1. The Bertz CT molecular complexity index is 876. The van der Waals surface area contributed by atoms with Crippen LogP contribution in [0.3, 0.4) is 0 Å². The first-order chi connectivity index (χ1) is 13.2. The summed E-state index contributed by atoms with van der Waals surface area (Å²) in [6.45, 7) is 8.81. The fourth-order valence-corrected chi connectivity index (χ4v) is 5.45. The minimum Gasteiger partial charge on any atom is -0.303 e. The van der Waals surface area contributed by atoms with Crippen LogP contribution in [0.2, 0.25) is 0 Å². The molecule has 0 unspecified atom stereocenters. The van der Waals surface area contributed by atoms with Gasteiger partial charge in [-0.25, -0.2) is 12.8 Å². The molecule has 0 aromatic heterocycles. The van der Waals surface area contributed by atoms with Crippen LogP contribution in [0.25, 0.3) is 0 Å². The number of benzene rings is 2. The normalized spacial score (nSPS) is 17.0. The summed E-state index contributed by atoms with van der Waals surface area (Å²) in [6.07, 6.45) is 2.17. The number of halogens is 1. The maximum Gasteiger partial charge on any atom is 0.181 e. The molecule has 28 heavy (non-hydrogen) atoms. The van der Waals surface area contributed by atoms with E-state index in [2.05, 4.69) is 25.7 Å². The van der Waals surface area contributed by atoms with E-state index >= 15 is 0 Å². The standard InChI is InChI=1S/C23H30FNO2S/c1-23(2,3)19-6-10-21(11-7-19)28(26,27)22-13-16-25(17-14-22)15-12-18-4-8-20(24)9-5-18/h4-11,22H,12-17H2,1-3H3. The number of rotatable bonds is 5. The summed E-state index contributed by atoms with van der Waals surface area (Å²) >= 11 is 0. The molecule has 1 saturated heterocycles. The molecule has 0 saturated carbocycles. The number of piperidine rings is 1. The van der Waals surface area contributed by atoms with Crippen LogP contribution in [0.1, 0.15) is 44.7 Å². The van der Waals surface area contributed by atoms with Gasteiger partial charge >= 0.3 is 0 Å². The SMILES string of the molecule is CC(C)(C)c1ccc(S(=O)(=O)C2CCN(CCc3ccc(F)cc3)CC2)cc1. The highest BCUT2D eigenvalue weighted by Crippen LogP contribution is 2.28. The van der Waals surface area contributed by atoms with Crippen LogP contribution < -0.4 is 0 Å². The zero-order valence-corrected chi connectivity index (χ0v) is 17.8. The quantitative estimate of drug-likeness (QED) is 0.732. The Balaban J connectivity index is 1.56. The third-order valence-corrected chi connectivity index (χ3v) is 7.93. The van der Waals surface area contributed by atoms with Gasteiger partial charge in [0.1, 0.15) is 5.82 Å². The Kier molecular flexibility index (Phi) is 6.25. The molecule has 5 heteroatoms. The smallest absolute Gasteiger partial charge is 0.181 e. The maximum atomic E-state index is 13.0. The lowest BCUT2D eigenvalue weighted by atomic mass is 9.87. The van der Waals surface area contributed by atoms with Crippen molar-refractivity contribution in [3.05, 3.63) is 65.5 Å². The molecule has 0 bridgehead atoms. The predicted octanol–water partition coefficient (Wildman–Crippen LogP) is 4.60. The molecule has 0 aliphatic carbocycles. The Hall–Kier alpha value is -1.72. The number of nitrogens with zero attached hydrogens (tertiary/aromatic N) is 1. The van der Waals surface area contributed by atoms with Crippen molar-refractivity contribution in [3.8, 4) is 0 Å². The summed E-state index contributed by atoms with van der Waals surface area (Å²) in [6, 6.07) is 14.0. The van der Waals surface area contributed by atoms with Gasteiger partial charge in [0.2, 0.25) is 0 Å². The van der Waals surface area contributed by atoms with E-state index in [1.807, 2.05) is 24.3 Å². The summed E-state index contributed by atoms with van der Waals surface area (Å²) in [5, 5.41) is -0.310. The van der Waals surface area contributed by atoms with Crippen LogP contribution in [0.4, 0.5) is 4.39 Å². The minimum absolute atomic E-state index is 0.0121. The van der Waals surface area contributed by atoms with Gasteiger partial charge in [0.15, 0.2) is 9.84 Å². The summed E-state index contributed by atoms with van der Waals surface area (Å²) in [4.78, 5) is 2.74. The van der Waals surface area contributed by atoms with Crippen molar-refractivity contribution in [2.45, 2.75) is 55.6 Å². The van der Waals surface area contributed by atoms with Crippen LogP contribution in [0.5, 0.6) is 0 Å². The topological polar surface area (TPSA) is 37.4 Å². The van der Waals surface area contributed by atoms with Crippen molar-refractivity contribution < 1.29 is 12.8 Å². The first-order valence-corrected chi connectivity index (χ1v) is 11.5. The highest BCUT2D eigenvalue weighted by atomic mass is 32.2. The van der Waals surface area contributed by atoms with Crippen LogP contribution in [-0.4, -0.2) is 38.2 Å². The van der Waals surface area contributed by atoms with Gasteiger partial charge in [-0.05, 0) is 73.2 Å². The molecule has 1 aliphatic rings. The van der Waals surface area contributed by atoms with Crippen LogP contribution in [-0.2, 0) is 21.7 Å². The van der Waals surface area contributed by atoms with Crippen molar-refractivity contribution in [3.63, 3.8) is 0 Å². The van der Waals surface area contributed by atoms with Gasteiger partial charge in [-0.2, -0.15) is 0 Å². The van der Waals surface area contributed by atoms with E-state index < -0.39 is 9.84 Å². The molecule has 0 N–H and O–H groups in total. The second-order valence-electron chi connectivity index (χ2n) is 8.74. The van der Waals surface area contributed by atoms with E-state index in [0.717, 1.165) is 37.2 Å². The van der Waals surface area contributed by atoms with Gasteiger partial charge in [-0.1, -0.05) is 45.0 Å². The molecule has 0 atom stereocenters. The Labute approximate surface area is 168 Å². The molecule has 0 radical (unpaired) electrons. The lowest BCUT2D eigenvalue weighted by Gasteiger charge is -2.31. The predicted molar refractivity (Wildman–Crippen MR) is 112 cm³/mol. The lowest BCUT2D eigenvalue weighted by Crippen LogP contribution is -2.40. The van der Waals surface area contributed by atoms with Crippen molar-refractivity contribution >= 4 is 9.84 Å². The molecule has 3 rings (SSSR count). The second kappa shape index (κ2) is 8.34. The fourth-order valence-electron chi connectivity index (χ4n) is 3.72. The molecule has 1 aliphatic heterocycles. The number of sulfone groups is 1. The third-order valence-electron chi connectivity index (χ3n) is 5.65. The van der Waals surface area contributed by atoms with Crippen LogP contribution >= 0.6 is 0 Å². The van der Waals surface area contributed by atoms with Gasteiger partial charge in [0.05, 0.1) is 10.1 Å².